The molecule has 0 rings (SSSR count). The van der Waals surface area contributed by atoms with Crippen LogP contribution in [0.5, 0.6) is 0 Å². The zero-order valence-electron chi connectivity index (χ0n) is 30.8. The minimum absolute atomic E-state index is 0.0743. The van der Waals surface area contributed by atoms with Gasteiger partial charge in [0.25, 0.3) is 0 Å². The Labute approximate surface area is 290 Å². The second-order valence-corrected chi connectivity index (χ2v) is 13.0. The maximum atomic E-state index is 12.1. The Morgan fingerprint density at radius 1 is 0.489 bits per heavy atom. The Balaban J connectivity index is 3.58. The molecule has 1 N–H and O–H groups in total. The monoisotopic (exact) mass is 659 g/mol. The average Bonchev–Trinajstić information content (AvgIpc) is 3.07. The summed E-state index contributed by atoms with van der Waals surface area (Å²) in [5.41, 5.74) is 0. The van der Waals surface area contributed by atoms with Crippen LogP contribution in [0.2, 0.25) is 0 Å². The smallest absolute Gasteiger partial charge is 0.306 e. The fourth-order valence-corrected chi connectivity index (χ4v) is 5.31. The predicted molar refractivity (Wildman–Crippen MR) is 200 cm³/mol. The van der Waals surface area contributed by atoms with E-state index in [-0.39, 0.29) is 25.2 Å². The highest BCUT2D eigenvalue weighted by molar-refractivity contribution is 5.70. The van der Waals surface area contributed by atoms with Gasteiger partial charge in [0.2, 0.25) is 0 Å². The summed E-state index contributed by atoms with van der Waals surface area (Å²) in [5.74, 6) is -0.613. The Kier molecular flexibility index (Phi) is 36.6. The minimum Gasteiger partial charge on any atom is -0.462 e. The van der Waals surface area contributed by atoms with Crippen molar-refractivity contribution in [3.63, 3.8) is 0 Å². The number of unbranched alkanes of at least 4 members (excludes halogenated alkanes) is 19. The van der Waals surface area contributed by atoms with Gasteiger partial charge in [0, 0.05) is 12.8 Å². The summed E-state index contributed by atoms with van der Waals surface area (Å²) in [5, 5.41) is 9.54. The lowest BCUT2D eigenvalue weighted by Crippen LogP contribution is -2.28. The number of carbonyl (C=O) groups is 2. The summed E-state index contributed by atoms with van der Waals surface area (Å²) in [4.78, 5) is 24.2. The largest absolute Gasteiger partial charge is 0.462 e. The van der Waals surface area contributed by atoms with Gasteiger partial charge in [-0.3, -0.25) is 9.59 Å². The molecule has 1 atom stereocenters. The molecule has 0 heterocycles. The Morgan fingerprint density at radius 2 is 0.872 bits per heavy atom. The second kappa shape index (κ2) is 38.3. The van der Waals surface area contributed by atoms with E-state index in [4.69, 9.17) is 9.47 Å². The van der Waals surface area contributed by atoms with Crippen LogP contribution >= 0.6 is 0 Å². The Bertz CT molecular complexity index is 797. The average molecular weight is 659 g/mol. The third kappa shape index (κ3) is 36.5. The maximum absolute atomic E-state index is 12.1. The van der Waals surface area contributed by atoms with Crippen molar-refractivity contribution in [3.05, 3.63) is 48.6 Å². The number of ether oxygens (including phenoxy) is 2. The lowest BCUT2D eigenvalue weighted by Gasteiger charge is -2.15. The van der Waals surface area contributed by atoms with Gasteiger partial charge in [-0.15, -0.1) is 0 Å². The minimum atomic E-state index is -0.780. The van der Waals surface area contributed by atoms with Crippen molar-refractivity contribution < 1.29 is 24.2 Å². The maximum Gasteiger partial charge on any atom is 0.306 e. The molecule has 0 bridgehead atoms. The van der Waals surface area contributed by atoms with Gasteiger partial charge in [0.05, 0.1) is 6.61 Å². The fraction of sp³-hybridized carbons (Fsp3) is 0.762. The van der Waals surface area contributed by atoms with Gasteiger partial charge in [0.15, 0.2) is 6.10 Å². The summed E-state index contributed by atoms with van der Waals surface area (Å²) >= 11 is 0. The number of allylic oxidation sites excluding steroid dienone is 8. The first-order valence-corrected chi connectivity index (χ1v) is 19.7. The van der Waals surface area contributed by atoms with Gasteiger partial charge >= 0.3 is 11.9 Å². The van der Waals surface area contributed by atoms with E-state index in [1.165, 1.54) is 96.3 Å². The van der Waals surface area contributed by atoms with Gasteiger partial charge in [-0.05, 0) is 70.6 Å². The highest BCUT2D eigenvalue weighted by Crippen LogP contribution is 2.13. The molecule has 0 saturated heterocycles. The Morgan fingerprint density at radius 3 is 1.32 bits per heavy atom. The van der Waals surface area contributed by atoms with Crippen LogP contribution in [0.3, 0.4) is 0 Å². The van der Waals surface area contributed by atoms with Crippen LogP contribution in [0, 0.1) is 0 Å². The van der Waals surface area contributed by atoms with E-state index in [1.54, 1.807) is 0 Å². The lowest BCUT2D eigenvalue weighted by atomic mass is 10.1. The summed E-state index contributed by atoms with van der Waals surface area (Å²) in [6, 6.07) is 0. The number of hydrogen-bond acceptors (Lipinski definition) is 5. The first-order chi connectivity index (χ1) is 23.1. The molecule has 0 fully saturated rings. The van der Waals surface area contributed by atoms with Gasteiger partial charge in [-0.1, -0.05) is 152 Å². The van der Waals surface area contributed by atoms with Crippen LogP contribution in [0.1, 0.15) is 187 Å². The first-order valence-electron chi connectivity index (χ1n) is 19.7. The molecular formula is C42H74O5. The van der Waals surface area contributed by atoms with Crippen LogP contribution in [0.25, 0.3) is 0 Å². The summed E-state index contributed by atoms with van der Waals surface area (Å²) in [7, 11) is 0. The van der Waals surface area contributed by atoms with E-state index in [2.05, 4.69) is 62.5 Å². The molecule has 5 heteroatoms. The highest BCUT2D eigenvalue weighted by Gasteiger charge is 2.16. The predicted octanol–water partition coefficient (Wildman–Crippen LogP) is 12.2. The normalized spacial score (nSPS) is 12.7. The number of esters is 2. The highest BCUT2D eigenvalue weighted by atomic mass is 16.6. The molecule has 0 aliphatic rings. The molecule has 0 aromatic rings. The molecule has 0 aromatic heterocycles. The lowest BCUT2D eigenvalue weighted by molar-refractivity contribution is -0.161. The second-order valence-electron chi connectivity index (χ2n) is 13.0. The van der Waals surface area contributed by atoms with Crippen LogP contribution in [-0.2, 0) is 19.1 Å². The van der Waals surface area contributed by atoms with Crippen molar-refractivity contribution in [3.8, 4) is 0 Å². The van der Waals surface area contributed by atoms with E-state index >= 15 is 0 Å². The zero-order valence-corrected chi connectivity index (χ0v) is 30.8. The number of carbonyl (C=O) groups excluding carboxylic acids is 2. The molecule has 272 valence electrons. The number of rotatable bonds is 35. The summed E-state index contributed by atoms with van der Waals surface area (Å²) < 4.78 is 10.6. The third-order valence-electron chi connectivity index (χ3n) is 8.35. The molecule has 0 saturated carbocycles. The number of aliphatic hydroxyl groups excluding tert-OH is 1. The van der Waals surface area contributed by atoms with E-state index < -0.39 is 6.10 Å². The fourth-order valence-electron chi connectivity index (χ4n) is 5.31. The van der Waals surface area contributed by atoms with Crippen molar-refractivity contribution in [1.29, 1.82) is 0 Å². The van der Waals surface area contributed by atoms with E-state index in [9.17, 15) is 14.7 Å². The van der Waals surface area contributed by atoms with E-state index in [0.717, 1.165) is 64.2 Å². The van der Waals surface area contributed by atoms with Crippen molar-refractivity contribution in [2.75, 3.05) is 13.2 Å². The van der Waals surface area contributed by atoms with Crippen LogP contribution in [0.15, 0.2) is 48.6 Å². The zero-order chi connectivity index (χ0) is 34.3. The first kappa shape index (κ1) is 44.9. The molecule has 0 aromatic carbocycles. The molecule has 0 radical (unpaired) electrons. The van der Waals surface area contributed by atoms with Gasteiger partial charge in [0.1, 0.15) is 6.61 Å². The molecule has 0 unspecified atom stereocenters. The van der Waals surface area contributed by atoms with Crippen LogP contribution in [0.4, 0.5) is 0 Å². The SMILES string of the molecule is CCCC/C=C/C/C=C/CCCCCCCC(=O)O[C@@H](CO)COC(=O)CCCCCCCCCCC/C=C/C/C=C/CCCCC. The van der Waals surface area contributed by atoms with E-state index in [1.807, 2.05) is 0 Å². The Hall–Kier alpha value is -2.14. The van der Waals surface area contributed by atoms with Gasteiger partial charge in [-0.25, -0.2) is 0 Å². The van der Waals surface area contributed by atoms with Crippen molar-refractivity contribution in [1.82, 2.24) is 0 Å². The molecular weight excluding hydrogens is 584 g/mol. The molecule has 0 amide bonds. The van der Waals surface area contributed by atoms with Crippen LogP contribution in [-0.4, -0.2) is 36.4 Å². The summed E-state index contributed by atoms with van der Waals surface area (Å²) in [6.07, 6.45) is 47.4. The molecule has 0 aliphatic heterocycles. The summed E-state index contributed by atoms with van der Waals surface area (Å²) in [6.45, 7) is 4.05. The van der Waals surface area contributed by atoms with E-state index in [0.29, 0.717) is 12.8 Å². The van der Waals surface area contributed by atoms with Crippen LogP contribution < -0.4 is 0 Å². The van der Waals surface area contributed by atoms with Crippen molar-refractivity contribution in [2.45, 2.75) is 193 Å². The molecule has 0 aliphatic carbocycles. The van der Waals surface area contributed by atoms with Crippen molar-refractivity contribution in [2.24, 2.45) is 0 Å². The number of aliphatic hydroxyl groups is 1. The van der Waals surface area contributed by atoms with Gasteiger partial charge in [-0.2, -0.15) is 0 Å². The third-order valence-corrected chi connectivity index (χ3v) is 8.35. The topological polar surface area (TPSA) is 72.8 Å². The standard InChI is InChI=1S/C42H74O5/c1-3-5-7-9-11-13-15-17-19-20-21-22-23-25-26-28-30-32-34-36-41(44)46-39-40(38-43)47-42(45)37-35-33-31-29-27-24-18-16-14-12-10-8-6-4-2/h10-13,16-19,40,43H,3-9,14-15,20-39H2,1-2H3/b12-10+,13-11+,18-16+,19-17+/t40-/m0/s1. The number of hydrogen-bond donors (Lipinski definition) is 1. The molecule has 0 spiro atoms. The molecule has 5 nitrogen and oxygen atoms in total. The van der Waals surface area contributed by atoms with Gasteiger partial charge < -0.3 is 14.6 Å². The quantitative estimate of drug-likeness (QED) is 0.0417. The van der Waals surface area contributed by atoms with Crippen molar-refractivity contribution >= 4 is 11.9 Å². The molecule has 47 heavy (non-hydrogen) atoms.